The Morgan fingerprint density at radius 3 is 2.78 bits per heavy atom. The molecule has 0 radical (unpaired) electrons. The Kier molecular flexibility index (Phi) is 3.87. The first-order valence-electron chi connectivity index (χ1n) is 6.35. The minimum absolute atomic E-state index is 0.0634. The second-order valence-electron chi connectivity index (χ2n) is 4.97. The highest BCUT2D eigenvalue weighted by molar-refractivity contribution is 5.97. The fraction of sp³-hybridized carbons (Fsp3) is 0.500. The lowest BCUT2D eigenvalue weighted by Gasteiger charge is -2.21. The van der Waals surface area contributed by atoms with E-state index >= 15 is 0 Å². The normalized spacial score (nSPS) is 17.6. The van der Waals surface area contributed by atoms with Crippen LogP contribution in [0.1, 0.15) is 22.3 Å². The summed E-state index contributed by atoms with van der Waals surface area (Å²) in [7, 11) is 2.07. The van der Waals surface area contributed by atoms with Gasteiger partial charge in [0.25, 0.3) is 5.91 Å². The zero-order chi connectivity index (χ0) is 13.1. The quantitative estimate of drug-likeness (QED) is 0.818. The van der Waals surface area contributed by atoms with Crippen LogP contribution < -0.4 is 0 Å². The van der Waals surface area contributed by atoms with E-state index in [4.69, 9.17) is 0 Å². The van der Waals surface area contributed by atoms with Gasteiger partial charge < -0.3 is 14.9 Å². The molecule has 98 valence electrons. The number of amides is 1. The Morgan fingerprint density at radius 2 is 2.00 bits per heavy atom. The highest BCUT2D eigenvalue weighted by atomic mass is 16.3. The Bertz CT molecular complexity index is 445. The number of carbonyl (C=O) groups is 1. The van der Waals surface area contributed by atoms with Gasteiger partial charge in [-0.25, -0.2) is 0 Å². The summed E-state index contributed by atoms with van der Waals surface area (Å²) < 4.78 is 0. The number of likely N-dealkylation sites (N-methyl/N-ethyl adjacent to an activating group) is 1. The third-order valence-electron chi connectivity index (χ3n) is 3.39. The summed E-state index contributed by atoms with van der Waals surface area (Å²) in [6.07, 6.45) is 0.981. The standard InChI is InChI=1S/C14H20N2O2/c1-11-4-5-13(17)12(10-11)14(18)16-7-3-6-15(2)8-9-16/h4-5,10,17H,3,6-9H2,1-2H3. The fourth-order valence-corrected chi connectivity index (χ4v) is 2.24. The lowest BCUT2D eigenvalue weighted by molar-refractivity contribution is 0.0759. The van der Waals surface area contributed by atoms with E-state index in [1.54, 1.807) is 12.1 Å². The summed E-state index contributed by atoms with van der Waals surface area (Å²) >= 11 is 0. The molecular weight excluding hydrogens is 228 g/mol. The lowest BCUT2D eigenvalue weighted by Crippen LogP contribution is -2.34. The van der Waals surface area contributed by atoms with Gasteiger partial charge in [0.05, 0.1) is 5.56 Å². The van der Waals surface area contributed by atoms with Crippen LogP contribution in [0, 0.1) is 6.92 Å². The summed E-state index contributed by atoms with van der Waals surface area (Å²) in [6, 6.07) is 5.15. The van der Waals surface area contributed by atoms with Gasteiger partial charge in [-0.15, -0.1) is 0 Å². The molecule has 1 amide bonds. The van der Waals surface area contributed by atoms with Crippen molar-refractivity contribution < 1.29 is 9.90 Å². The SMILES string of the molecule is Cc1ccc(O)c(C(=O)N2CCCN(C)CC2)c1. The maximum atomic E-state index is 12.4. The molecular formula is C14H20N2O2. The van der Waals surface area contributed by atoms with Crippen molar-refractivity contribution in [3.8, 4) is 5.75 Å². The van der Waals surface area contributed by atoms with E-state index in [0.29, 0.717) is 5.56 Å². The molecule has 1 saturated heterocycles. The van der Waals surface area contributed by atoms with Gasteiger partial charge in [-0.3, -0.25) is 4.79 Å². The molecule has 1 aliphatic rings. The Balaban J connectivity index is 2.17. The minimum atomic E-state index is -0.0634. The van der Waals surface area contributed by atoms with Crippen LogP contribution in [-0.4, -0.2) is 54.0 Å². The molecule has 0 aliphatic carbocycles. The number of aryl methyl sites for hydroxylation is 1. The molecule has 0 bridgehead atoms. The van der Waals surface area contributed by atoms with E-state index in [2.05, 4.69) is 11.9 Å². The van der Waals surface area contributed by atoms with Gasteiger partial charge >= 0.3 is 0 Å². The summed E-state index contributed by atoms with van der Waals surface area (Å²) in [5.74, 6) is 0.00898. The summed E-state index contributed by atoms with van der Waals surface area (Å²) in [6.45, 7) is 5.31. The highest BCUT2D eigenvalue weighted by Gasteiger charge is 2.21. The third-order valence-corrected chi connectivity index (χ3v) is 3.39. The van der Waals surface area contributed by atoms with E-state index in [0.717, 1.165) is 38.2 Å². The zero-order valence-corrected chi connectivity index (χ0v) is 11.0. The van der Waals surface area contributed by atoms with Gasteiger partial charge in [0.1, 0.15) is 5.75 Å². The topological polar surface area (TPSA) is 43.8 Å². The van der Waals surface area contributed by atoms with Crippen LogP contribution in [0.15, 0.2) is 18.2 Å². The van der Waals surface area contributed by atoms with Crippen molar-refractivity contribution in [2.75, 3.05) is 33.2 Å². The van der Waals surface area contributed by atoms with Crippen molar-refractivity contribution in [1.29, 1.82) is 0 Å². The number of phenols is 1. The van der Waals surface area contributed by atoms with Crippen molar-refractivity contribution in [3.05, 3.63) is 29.3 Å². The van der Waals surface area contributed by atoms with Crippen LogP contribution in [0.2, 0.25) is 0 Å². The average Bonchev–Trinajstić information content (AvgIpc) is 2.56. The largest absolute Gasteiger partial charge is 0.507 e. The molecule has 4 heteroatoms. The Labute approximate surface area is 108 Å². The minimum Gasteiger partial charge on any atom is -0.507 e. The average molecular weight is 248 g/mol. The van der Waals surface area contributed by atoms with Gasteiger partial charge in [-0.1, -0.05) is 11.6 Å². The molecule has 1 aromatic rings. The Hall–Kier alpha value is -1.55. The summed E-state index contributed by atoms with van der Waals surface area (Å²) in [5, 5.41) is 9.80. The number of hydrogen-bond donors (Lipinski definition) is 1. The molecule has 0 atom stereocenters. The van der Waals surface area contributed by atoms with Crippen molar-refractivity contribution in [2.45, 2.75) is 13.3 Å². The molecule has 1 aromatic carbocycles. The van der Waals surface area contributed by atoms with Crippen LogP contribution in [0.5, 0.6) is 5.75 Å². The van der Waals surface area contributed by atoms with Crippen LogP contribution in [0.4, 0.5) is 0 Å². The van der Waals surface area contributed by atoms with E-state index in [-0.39, 0.29) is 11.7 Å². The number of hydrogen-bond acceptors (Lipinski definition) is 3. The van der Waals surface area contributed by atoms with Gasteiger partial charge in [0.2, 0.25) is 0 Å². The maximum absolute atomic E-state index is 12.4. The number of rotatable bonds is 1. The zero-order valence-electron chi connectivity index (χ0n) is 11.0. The van der Waals surface area contributed by atoms with Crippen LogP contribution in [-0.2, 0) is 0 Å². The number of benzene rings is 1. The van der Waals surface area contributed by atoms with Crippen molar-refractivity contribution >= 4 is 5.91 Å². The predicted octanol–water partition coefficient (Wildman–Crippen LogP) is 1.48. The van der Waals surface area contributed by atoms with E-state index in [1.807, 2.05) is 17.9 Å². The Morgan fingerprint density at radius 1 is 1.22 bits per heavy atom. The van der Waals surface area contributed by atoms with Gasteiger partial charge in [-0.05, 0) is 39.1 Å². The van der Waals surface area contributed by atoms with Crippen LogP contribution in [0.25, 0.3) is 0 Å². The molecule has 2 rings (SSSR count). The first kappa shape index (κ1) is 12.9. The molecule has 1 aliphatic heterocycles. The second kappa shape index (κ2) is 5.40. The first-order chi connectivity index (χ1) is 8.58. The molecule has 0 aromatic heterocycles. The van der Waals surface area contributed by atoms with Gasteiger partial charge in [0, 0.05) is 19.6 Å². The molecule has 4 nitrogen and oxygen atoms in total. The highest BCUT2D eigenvalue weighted by Crippen LogP contribution is 2.20. The molecule has 1 N–H and O–H groups in total. The number of aromatic hydroxyl groups is 1. The lowest BCUT2D eigenvalue weighted by atomic mass is 10.1. The summed E-state index contributed by atoms with van der Waals surface area (Å²) in [4.78, 5) is 16.4. The molecule has 0 unspecified atom stereocenters. The van der Waals surface area contributed by atoms with Gasteiger partial charge in [-0.2, -0.15) is 0 Å². The number of nitrogens with zero attached hydrogens (tertiary/aromatic N) is 2. The monoisotopic (exact) mass is 248 g/mol. The smallest absolute Gasteiger partial charge is 0.257 e. The van der Waals surface area contributed by atoms with E-state index in [1.165, 1.54) is 0 Å². The van der Waals surface area contributed by atoms with E-state index < -0.39 is 0 Å². The molecule has 0 saturated carbocycles. The van der Waals surface area contributed by atoms with Crippen molar-refractivity contribution in [3.63, 3.8) is 0 Å². The summed E-state index contributed by atoms with van der Waals surface area (Å²) in [5.41, 5.74) is 1.41. The predicted molar refractivity (Wildman–Crippen MR) is 70.9 cm³/mol. The number of carbonyl (C=O) groups excluding carboxylic acids is 1. The number of phenolic OH excluding ortho intramolecular Hbond substituents is 1. The molecule has 1 heterocycles. The van der Waals surface area contributed by atoms with E-state index in [9.17, 15) is 9.90 Å². The third kappa shape index (κ3) is 2.82. The maximum Gasteiger partial charge on any atom is 0.257 e. The van der Waals surface area contributed by atoms with Crippen molar-refractivity contribution in [1.82, 2.24) is 9.80 Å². The van der Waals surface area contributed by atoms with Crippen LogP contribution in [0.3, 0.4) is 0 Å². The van der Waals surface area contributed by atoms with Gasteiger partial charge in [0.15, 0.2) is 0 Å². The van der Waals surface area contributed by atoms with Crippen LogP contribution >= 0.6 is 0 Å². The molecule has 0 spiro atoms. The molecule has 18 heavy (non-hydrogen) atoms. The fourth-order valence-electron chi connectivity index (χ4n) is 2.24. The second-order valence-corrected chi connectivity index (χ2v) is 4.97. The molecule has 1 fully saturated rings. The van der Waals surface area contributed by atoms with Crippen molar-refractivity contribution in [2.24, 2.45) is 0 Å². The first-order valence-corrected chi connectivity index (χ1v) is 6.35.